The SMILES string of the molecule is COc1ccc(C(=O)N2C3CCC2Cn2c(C)nnc2C3)cn1. The van der Waals surface area contributed by atoms with Crippen molar-refractivity contribution in [1.29, 1.82) is 0 Å². The van der Waals surface area contributed by atoms with Gasteiger partial charge in [-0.05, 0) is 25.8 Å². The number of aromatic nitrogens is 4. The summed E-state index contributed by atoms with van der Waals surface area (Å²) >= 11 is 0. The van der Waals surface area contributed by atoms with Gasteiger partial charge < -0.3 is 14.2 Å². The van der Waals surface area contributed by atoms with Gasteiger partial charge >= 0.3 is 0 Å². The highest BCUT2D eigenvalue weighted by molar-refractivity contribution is 5.94. The normalized spacial score (nSPS) is 22.6. The van der Waals surface area contributed by atoms with Crippen LogP contribution in [0.25, 0.3) is 0 Å². The number of carbonyl (C=O) groups is 1. The molecule has 2 aromatic heterocycles. The monoisotopic (exact) mass is 313 g/mol. The molecular weight excluding hydrogens is 294 g/mol. The van der Waals surface area contributed by atoms with Gasteiger partial charge in [-0.25, -0.2) is 4.98 Å². The van der Waals surface area contributed by atoms with Gasteiger partial charge in [0, 0.05) is 31.3 Å². The van der Waals surface area contributed by atoms with E-state index in [2.05, 4.69) is 19.7 Å². The number of carbonyl (C=O) groups excluding carboxylic acids is 1. The summed E-state index contributed by atoms with van der Waals surface area (Å²) in [5.41, 5.74) is 0.608. The summed E-state index contributed by atoms with van der Waals surface area (Å²) in [4.78, 5) is 19.1. The highest BCUT2D eigenvalue weighted by atomic mass is 16.5. The molecule has 4 rings (SSSR count). The minimum Gasteiger partial charge on any atom is -0.481 e. The minimum absolute atomic E-state index is 0.0454. The Morgan fingerprint density at radius 1 is 1.26 bits per heavy atom. The van der Waals surface area contributed by atoms with Crippen molar-refractivity contribution >= 4 is 5.91 Å². The van der Waals surface area contributed by atoms with Crippen LogP contribution in [-0.4, -0.2) is 49.7 Å². The van der Waals surface area contributed by atoms with Gasteiger partial charge in [0.1, 0.15) is 11.6 Å². The van der Waals surface area contributed by atoms with E-state index in [-0.39, 0.29) is 18.0 Å². The molecule has 0 spiro atoms. The van der Waals surface area contributed by atoms with E-state index in [1.54, 1.807) is 25.4 Å². The molecule has 0 N–H and O–H groups in total. The van der Waals surface area contributed by atoms with Crippen molar-refractivity contribution in [2.75, 3.05) is 7.11 Å². The van der Waals surface area contributed by atoms with Gasteiger partial charge in [-0.3, -0.25) is 4.79 Å². The average molecular weight is 313 g/mol. The van der Waals surface area contributed by atoms with Crippen LogP contribution < -0.4 is 4.74 Å². The second-order valence-electron chi connectivity index (χ2n) is 6.16. The summed E-state index contributed by atoms with van der Waals surface area (Å²) < 4.78 is 7.21. The molecule has 120 valence electrons. The van der Waals surface area contributed by atoms with Gasteiger partial charge in [-0.1, -0.05) is 0 Å². The maximum atomic E-state index is 13.0. The van der Waals surface area contributed by atoms with Crippen LogP contribution in [0.2, 0.25) is 0 Å². The van der Waals surface area contributed by atoms with E-state index in [0.29, 0.717) is 11.4 Å². The molecule has 0 aromatic carbocycles. The standard InChI is InChI=1S/C16H19N5O2/c1-10-18-19-14-7-12-4-5-13(9-20(10)14)21(12)16(22)11-3-6-15(23-2)17-8-11/h3,6,8,12-13H,4-5,7,9H2,1-2H3. The van der Waals surface area contributed by atoms with Crippen LogP contribution in [-0.2, 0) is 13.0 Å². The molecule has 1 amide bonds. The molecule has 4 heterocycles. The molecule has 2 unspecified atom stereocenters. The number of hydrogen-bond acceptors (Lipinski definition) is 5. The van der Waals surface area contributed by atoms with Gasteiger partial charge in [0.15, 0.2) is 0 Å². The first kappa shape index (κ1) is 14.2. The van der Waals surface area contributed by atoms with Crippen molar-refractivity contribution in [3.8, 4) is 5.88 Å². The molecule has 1 saturated heterocycles. The number of amides is 1. The summed E-state index contributed by atoms with van der Waals surface area (Å²) in [6.07, 6.45) is 4.41. The predicted octanol–water partition coefficient (Wildman–Crippen LogP) is 1.22. The second-order valence-corrected chi connectivity index (χ2v) is 6.16. The summed E-state index contributed by atoms with van der Waals surface area (Å²) in [5, 5.41) is 8.44. The molecule has 7 heteroatoms. The first-order chi connectivity index (χ1) is 11.2. The van der Waals surface area contributed by atoms with Gasteiger partial charge in [0.2, 0.25) is 5.88 Å². The fourth-order valence-electron chi connectivity index (χ4n) is 3.68. The lowest BCUT2D eigenvalue weighted by atomic mass is 10.1. The molecule has 2 aliphatic heterocycles. The highest BCUT2D eigenvalue weighted by Gasteiger charge is 2.41. The van der Waals surface area contributed by atoms with Gasteiger partial charge in [0.25, 0.3) is 5.91 Å². The van der Waals surface area contributed by atoms with Crippen molar-refractivity contribution in [3.05, 3.63) is 35.5 Å². The van der Waals surface area contributed by atoms with Crippen LogP contribution >= 0.6 is 0 Å². The number of ether oxygens (including phenoxy) is 1. The largest absolute Gasteiger partial charge is 0.481 e. The maximum Gasteiger partial charge on any atom is 0.255 e. The Labute approximate surface area is 134 Å². The summed E-state index contributed by atoms with van der Waals surface area (Å²) in [6, 6.07) is 3.90. The molecule has 2 atom stereocenters. The molecule has 2 aliphatic rings. The smallest absolute Gasteiger partial charge is 0.255 e. The van der Waals surface area contributed by atoms with Crippen molar-refractivity contribution in [1.82, 2.24) is 24.6 Å². The Morgan fingerprint density at radius 2 is 2.09 bits per heavy atom. The zero-order chi connectivity index (χ0) is 16.0. The average Bonchev–Trinajstić information content (AvgIpc) is 3.06. The molecule has 0 saturated carbocycles. The van der Waals surface area contributed by atoms with Gasteiger partial charge in [-0.15, -0.1) is 10.2 Å². The number of rotatable bonds is 2. The maximum absolute atomic E-state index is 13.0. The lowest BCUT2D eigenvalue weighted by Gasteiger charge is -2.28. The number of nitrogens with zero attached hydrogens (tertiary/aromatic N) is 5. The van der Waals surface area contributed by atoms with Crippen molar-refractivity contribution in [2.24, 2.45) is 0 Å². The first-order valence-corrected chi connectivity index (χ1v) is 7.88. The quantitative estimate of drug-likeness (QED) is 0.833. The van der Waals surface area contributed by atoms with E-state index in [1.807, 2.05) is 11.8 Å². The van der Waals surface area contributed by atoms with E-state index < -0.39 is 0 Å². The van der Waals surface area contributed by atoms with Crippen LogP contribution in [0.1, 0.15) is 34.8 Å². The first-order valence-electron chi connectivity index (χ1n) is 7.88. The van der Waals surface area contributed by atoms with Crippen LogP contribution in [0.3, 0.4) is 0 Å². The second kappa shape index (κ2) is 5.33. The zero-order valence-corrected chi connectivity index (χ0v) is 13.3. The third kappa shape index (κ3) is 2.27. The number of methoxy groups -OCH3 is 1. The van der Waals surface area contributed by atoms with Crippen LogP contribution in [0.15, 0.2) is 18.3 Å². The Bertz CT molecular complexity index is 739. The summed E-state index contributed by atoms with van der Waals surface area (Å²) in [5.74, 6) is 2.47. The molecule has 2 bridgehead atoms. The Morgan fingerprint density at radius 3 is 2.83 bits per heavy atom. The minimum atomic E-state index is 0.0454. The van der Waals surface area contributed by atoms with Crippen LogP contribution in [0, 0.1) is 6.92 Å². The fourth-order valence-corrected chi connectivity index (χ4v) is 3.68. The number of hydrogen-bond donors (Lipinski definition) is 0. The topological polar surface area (TPSA) is 73.1 Å². The number of fused-ring (bicyclic) bond motifs is 3. The van der Waals surface area contributed by atoms with E-state index in [9.17, 15) is 4.79 Å². The van der Waals surface area contributed by atoms with Crippen LogP contribution in [0.5, 0.6) is 5.88 Å². The Balaban J connectivity index is 1.63. The van der Waals surface area contributed by atoms with Crippen molar-refractivity contribution in [2.45, 2.75) is 44.8 Å². The Kier molecular flexibility index (Phi) is 3.28. The third-order valence-electron chi connectivity index (χ3n) is 4.87. The zero-order valence-electron chi connectivity index (χ0n) is 13.3. The fraction of sp³-hybridized carbons (Fsp3) is 0.500. The molecule has 1 fully saturated rings. The van der Waals surface area contributed by atoms with E-state index in [1.165, 1.54) is 0 Å². The predicted molar refractivity (Wildman–Crippen MR) is 82.2 cm³/mol. The van der Waals surface area contributed by atoms with Crippen molar-refractivity contribution < 1.29 is 9.53 Å². The lowest BCUT2D eigenvalue weighted by molar-refractivity contribution is 0.0664. The highest BCUT2D eigenvalue weighted by Crippen LogP contribution is 2.32. The van der Waals surface area contributed by atoms with E-state index in [0.717, 1.165) is 37.5 Å². The molecule has 2 aromatic rings. The summed E-state index contributed by atoms with van der Waals surface area (Å²) in [6.45, 7) is 2.75. The number of aryl methyl sites for hydroxylation is 1. The molecular formula is C16H19N5O2. The van der Waals surface area contributed by atoms with Crippen LogP contribution in [0.4, 0.5) is 0 Å². The molecule has 23 heavy (non-hydrogen) atoms. The lowest BCUT2D eigenvalue weighted by Crippen LogP contribution is -2.42. The number of pyridine rings is 1. The Hall–Kier alpha value is -2.44. The van der Waals surface area contributed by atoms with Crippen molar-refractivity contribution in [3.63, 3.8) is 0 Å². The summed E-state index contributed by atoms with van der Waals surface area (Å²) in [7, 11) is 1.57. The molecule has 7 nitrogen and oxygen atoms in total. The third-order valence-corrected chi connectivity index (χ3v) is 4.87. The molecule has 0 aliphatic carbocycles. The van der Waals surface area contributed by atoms with Gasteiger partial charge in [-0.2, -0.15) is 0 Å². The van der Waals surface area contributed by atoms with E-state index in [4.69, 9.17) is 4.74 Å². The van der Waals surface area contributed by atoms with Gasteiger partial charge in [0.05, 0.1) is 18.7 Å². The molecule has 0 radical (unpaired) electrons. The van der Waals surface area contributed by atoms with E-state index >= 15 is 0 Å².